The molecule has 21 heavy (non-hydrogen) atoms. The van der Waals surface area contributed by atoms with E-state index in [9.17, 15) is 8.42 Å². The molecule has 2 aliphatic rings. The van der Waals surface area contributed by atoms with Crippen molar-refractivity contribution < 1.29 is 13.2 Å². The van der Waals surface area contributed by atoms with Gasteiger partial charge in [-0.15, -0.1) is 0 Å². The van der Waals surface area contributed by atoms with Crippen LogP contribution < -0.4 is 15.2 Å². The van der Waals surface area contributed by atoms with Gasteiger partial charge in [0.05, 0.1) is 6.61 Å². The first-order valence-electron chi connectivity index (χ1n) is 7.49. The fourth-order valence-electron chi connectivity index (χ4n) is 3.31. The molecule has 116 valence electrons. The van der Waals surface area contributed by atoms with Crippen LogP contribution in [0.2, 0.25) is 0 Å². The minimum absolute atomic E-state index is 0.185. The van der Waals surface area contributed by atoms with Crippen molar-refractivity contribution in [3.63, 3.8) is 0 Å². The van der Waals surface area contributed by atoms with Crippen molar-refractivity contribution in [1.82, 2.24) is 4.72 Å². The fraction of sp³-hybridized carbons (Fsp3) is 0.600. The molecule has 1 aromatic carbocycles. The number of hydrogen-bond donors (Lipinski definition) is 2. The molecule has 1 saturated carbocycles. The Hall–Kier alpha value is -1.27. The Morgan fingerprint density at radius 2 is 1.95 bits per heavy atom. The standard InChI is InChI=1S/C15H22N2O3S/c1-15(6-2-3-7-15)17-21(18,19)13-10-12(16)9-11-5-4-8-20-14(11)13/h9-10,17H,2-8,16H2,1H3. The molecule has 0 amide bonds. The Bertz CT molecular complexity index is 649. The quantitative estimate of drug-likeness (QED) is 0.839. The van der Waals surface area contributed by atoms with Crippen LogP contribution >= 0.6 is 0 Å². The van der Waals surface area contributed by atoms with Gasteiger partial charge in [0.15, 0.2) is 0 Å². The van der Waals surface area contributed by atoms with E-state index in [1.165, 1.54) is 6.07 Å². The molecule has 1 aromatic rings. The van der Waals surface area contributed by atoms with Gasteiger partial charge in [0.2, 0.25) is 10.0 Å². The average molecular weight is 310 g/mol. The summed E-state index contributed by atoms with van der Waals surface area (Å²) in [6, 6.07) is 3.32. The number of aryl methyl sites for hydroxylation is 1. The molecule has 0 aromatic heterocycles. The van der Waals surface area contributed by atoms with Gasteiger partial charge in [-0.3, -0.25) is 0 Å². The molecule has 1 heterocycles. The maximum Gasteiger partial charge on any atom is 0.244 e. The van der Waals surface area contributed by atoms with Crippen molar-refractivity contribution >= 4 is 15.7 Å². The molecule has 0 spiro atoms. The van der Waals surface area contributed by atoms with E-state index < -0.39 is 10.0 Å². The Kier molecular flexibility index (Phi) is 3.61. The van der Waals surface area contributed by atoms with Crippen LogP contribution in [0.25, 0.3) is 0 Å². The molecule has 5 nitrogen and oxygen atoms in total. The zero-order valence-electron chi connectivity index (χ0n) is 12.3. The lowest BCUT2D eigenvalue weighted by atomic mass is 10.0. The van der Waals surface area contributed by atoms with Crippen LogP contribution in [0, 0.1) is 0 Å². The predicted molar refractivity (Wildman–Crippen MR) is 81.9 cm³/mol. The lowest BCUT2D eigenvalue weighted by Gasteiger charge is -2.27. The minimum atomic E-state index is -3.62. The van der Waals surface area contributed by atoms with Crippen molar-refractivity contribution in [2.75, 3.05) is 12.3 Å². The summed E-state index contributed by atoms with van der Waals surface area (Å²) < 4.78 is 34.0. The summed E-state index contributed by atoms with van der Waals surface area (Å²) in [5, 5.41) is 0. The van der Waals surface area contributed by atoms with Gasteiger partial charge in [0, 0.05) is 11.2 Å². The van der Waals surface area contributed by atoms with Gasteiger partial charge in [-0.05, 0) is 50.3 Å². The van der Waals surface area contributed by atoms with E-state index in [4.69, 9.17) is 10.5 Å². The number of ether oxygens (including phenoxy) is 1. The smallest absolute Gasteiger partial charge is 0.244 e. The van der Waals surface area contributed by atoms with Gasteiger partial charge >= 0.3 is 0 Å². The second-order valence-electron chi connectivity index (χ2n) is 6.33. The van der Waals surface area contributed by atoms with Gasteiger partial charge in [-0.1, -0.05) is 12.8 Å². The largest absolute Gasteiger partial charge is 0.492 e. The van der Waals surface area contributed by atoms with E-state index in [1.54, 1.807) is 0 Å². The van der Waals surface area contributed by atoms with E-state index in [0.29, 0.717) is 18.0 Å². The van der Waals surface area contributed by atoms with Crippen LogP contribution in [0.3, 0.4) is 0 Å². The molecule has 0 bridgehead atoms. The summed E-state index contributed by atoms with van der Waals surface area (Å²) in [4.78, 5) is 0.185. The summed E-state index contributed by atoms with van der Waals surface area (Å²) in [5.41, 5.74) is 6.87. The van der Waals surface area contributed by atoms with Gasteiger partial charge < -0.3 is 10.5 Å². The fourth-order valence-corrected chi connectivity index (χ4v) is 4.99. The van der Waals surface area contributed by atoms with Gasteiger partial charge in [-0.25, -0.2) is 13.1 Å². The van der Waals surface area contributed by atoms with Crippen LogP contribution in [0.4, 0.5) is 5.69 Å². The molecule has 3 rings (SSSR count). The SMILES string of the molecule is CC1(NS(=O)(=O)c2cc(N)cc3c2OCCC3)CCCC1. The van der Waals surface area contributed by atoms with E-state index in [-0.39, 0.29) is 10.4 Å². The van der Waals surface area contributed by atoms with E-state index in [0.717, 1.165) is 44.1 Å². The first kappa shape index (κ1) is 14.7. The van der Waals surface area contributed by atoms with Gasteiger partial charge in [-0.2, -0.15) is 0 Å². The number of benzene rings is 1. The maximum atomic E-state index is 12.8. The Morgan fingerprint density at radius 3 is 2.67 bits per heavy atom. The number of anilines is 1. The Morgan fingerprint density at radius 1 is 1.24 bits per heavy atom. The summed E-state index contributed by atoms with van der Waals surface area (Å²) in [6.45, 7) is 2.52. The zero-order valence-corrected chi connectivity index (χ0v) is 13.1. The normalized spacial score (nSPS) is 20.8. The zero-order chi connectivity index (χ0) is 15.1. The van der Waals surface area contributed by atoms with Crippen LogP contribution in [0.15, 0.2) is 17.0 Å². The highest BCUT2D eigenvalue weighted by molar-refractivity contribution is 7.89. The second kappa shape index (κ2) is 5.18. The lowest BCUT2D eigenvalue weighted by Crippen LogP contribution is -2.43. The molecule has 1 aliphatic heterocycles. The monoisotopic (exact) mass is 310 g/mol. The minimum Gasteiger partial charge on any atom is -0.492 e. The molecule has 1 aliphatic carbocycles. The summed E-state index contributed by atoms with van der Waals surface area (Å²) in [5.74, 6) is 0.476. The molecule has 3 N–H and O–H groups in total. The third kappa shape index (κ3) is 2.87. The highest BCUT2D eigenvalue weighted by Crippen LogP contribution is 2.36. The summed E-state index contributed by atoms with van der Waals surface area (Å²) in [7, 11) is -3.62. The number of hydrogen-bond acceptors (Lipinski definition) is 4. The van der Waals surface area contributed by atoms with Crippen LogP contribution in [-0.2, 0) is 16.4 Å². The second-order valence-corrected chi connectivity index (χ2v) is 7.98. The number of nitrogens with two attached hydrogens (primary N) is 1. The van der Waals surface area contributed by atoms with E-state index >= 15 is 0 Å². The van der Waals surface area contributed by atoms with Crippen LogP contribution in [0.5, 0.6) is 5.75 Å². The Balaban J connectivity index is 2.00. The molecule has 0 atom stereocenters. The topological polar surface area (TPSA) is 81.4 Å². The molecule has 0 saturated heterocycles. The molecule has 0 radical (unpaired) electrons. The third-order valence-electron chi connectivity index (χ3n) is 4.37. The maximum absolute atomic E-state index is 12.8. The first-order chi connectivity index (χ1) is 9.90. The number of nitrogens with one attached hydrogen (secondary N) is 1. The number of rotatable bonds is 3. The average Bonchev–Trinajstić information content (AvgIpc) is 2.83. The van der Waals surface area contributed by atoms with Crippen molar-refractivity contribution in [1.29, 1.82) is 0 Å². The van der Waals surface area contributed by atoms with E-state index in [1.807, 2.05) is 13.0 Å². The number of fused-ring (bicyclic) bond motifs is 1. The van der Waals surface area contributed by atoms with Gasteiger partial charge in [0.1, 0.15) is 10.6 Å². The molecular formula is C15H22N2O3S. The lowest BCUT2D eigenvalue weighted by molar-refractivity contribution is 0.280. The first-order valence-corrected chi connectivity index (χ1v) is 8.97. The summed E-state index contributed by atoms with van der Waals surface area (Å²) >= 11 is 0. The molecule has 6 heteroatoms. The van der Waals surface area contributed by atoms with E-state index in [2.05, 4.69) is 4.72 Å². The Labute approximate surface area is 125 Å². The summed E-state index contributed by atoms with van der Waals surface area (Å²) in [6.07, 6.45) is 5.56. The highest BCUT2D eigenvalue weighted by Gasteiger charge is 2.35. The molecular weight excluding hydrogens is 288 g/mol. The third-order valence-corrected chi connectivity index (χ3v) is 6.01. The number of nitrogen functional groups attached to an aromatic ring is 1. The van der Waals surface area contributed by atoms with Crippen LogP contribution in [0.1, 0.15) is 44.6 Å². The van der Waals surface area contributed by atoms with Crippen molar-refractivity contribution in [3.05, 3.63) is 17.7 Å². The van der Waals surface area contributed by atoms with Crippen molar-refractivity contribution in [2.24, 2.45) is 0 Å². The van der Waals surface area contributed by atoms with Crippen molar-refractivity contribution in [2.45, 2.75) is 55.9 Å². The number of sulfonamides is 1. The van der Waals surface area contributed by atoms with Gasteiger partial charge in [0.25, 0.3) is 0 Å². The predicted octanol–water partition coefficient (Wildman–Crippen LogP) is 2.20. The van der Waals surface area contributed by atoms with Crippen LogP contribution in [-0.4, -0.2) is 20.6 Å². The molecule has 0 unspecified atom stereocenters. The van der Waals surface area contributed by atoms with Crippen molar-refractivity contribution in [3.8, 4) is 5.75 Å². The molecule has 1 fully saturated rings. The highest BCUT2D eigenvalue weighted by atomic mass is 32.2.